The number of hydrogen-bond donors (Lipinski definition) is 1. The minimum atomic E-state index is 0.781. The monoisotopic (exact) mass is 264 g/mol. The van der Waals surface area contributed by atoms with Crippen LogP contribution >= 0.6 is 0 Å². The zero-order chi connectivity index (χ0) is 13.8. The van der Waals surface area contributed by atoms with Crippen molar-refractivity contribution in [3.63, 3.8) is 0 Å². The predicted octanol–water partition coefficient (Wildman–Crippen LogP) is 3.77. The van der Waals surface area contributed by atoms with Gasteiger partial charge >= 0.3 is 0 Å². The molecule has 1 aromatic heterocycles. The highest BCUT2D eigenvalue weighted by Crippen LogP contribution is 2.30. The molecule has 2 aromatic carbocycles. The van der Waals surface area contributed by atoms with Crippen molar-refractivity contribution in [2.24, 2.45) is 0 Å². The van der Waals surface area contributed by atoms with Gasteiger partial charge < -0.3 is 9.84 Å². The van der Waals surface area contributed by atoms with Gasteiger partial charge in [-0.05, 0) is 17.7 Å². The first-order valence-corrected chi connectivity index (χ1v) is 6.64. The van der Waals surface area contributed by atoms with Crippen molar-refractivity contribution < 1.29 is 4.52 Å². The number of fused-ring (bicyclic) bond motifs is 1. The molecule has 0 saturated heterocycles. The number of rotatable bonds is 5. The van der Waals surface area contributed by atoms with E-state index in [0.29, 0.717) is 0 Å². The van der Waals surface area contributed by atoms with Gasteiger partial charge in [0.05, 0.1) is 0 Å². The van der Waals surface area contributed by atoms with Crippen LogP contribution in [0, 0.1) is 0 Å². The van der Waals surface area contributed by atoms with Gasteiger partial charge in [-0.1, -0.05) is 47.6 Å². The summed E-state index contributed by atoms with van der Waals surface area (Å²) in [7, 11) is 0. The molecule has 0 amide bonds. The van der Waals surface area contributed by atoms with Crippen LogP contribution in [0.25, 0.3) is 22.2 Å². The molecule has 0 unspecified atom stereocenters. The first-order chi connectivity index (χ1) is 9.90. The molecule has 0 aliphatic heterocycles. The van der Waals surface area contributed by atoms with E-state index in [4.69, 9.17) is 4.52 Å². The number of hydrogen-bond acceptors (Lipinski definition) is 3. The van der Waals surface area contributed by atoms with Crippen molar-refractivity contribution >= 4 is 11.0 Å². The topological polar surface area (TPSA) is 38.1 Å². The lowest BCUT2D eigenvalue weighted by atomic mass is 10.0. The van der Waals surface area contributed by atoms with Crippen molar-refractivity contribution in [1.29, 1.82) is 0 Å². The van der Waals surface area contributed by atoms with Gasteiger partial charge in [0.1, 0.15) is 5.69 Å². The van der Waals surface area contributed by atoms with Crippen molar-refractivity contribution in [2.75, 3.05) is 6.54 Å². The molecule has 0 spiro atoms. The van der Waals surface area contributed by atoms with Crippen molar-refractivity contribution in [3.8, 4) is 11.3 Å². The number of para-hydroxylation sites is 1. The van der Waals surface area contributed by atoms with Gasteiger partial charge in [0.2, 0.25) is 0 Å². The van der Waals surface area contributed by atoms with Gasteiger partial charge in [-0.2, -0.15) is 0 Å². The minimum absolute atomic E-state index is 0.781. The molecular formula is C17H16N2O. The average Bonchev–Trinajstić information content (AvgIpc) is 2.92. The van der Waals surface area contributed by atoms with Crippen LogP contribution in [-0.4, -0.2) is 11.7 Å². The lowest BCUT2D eigenvalue weighted by molar-refractivity contribution is 0.459. The van der Waals surface area contributed by atoms with Crippen LogP contribution in [0.5, 0.6) is 0 Å². The van der Waals surface area contributed by atoms with Crippen LogP contribution in [0.3, 0.4) is 0 Å². The van der Waals surface area contributed by atoms with E-state index in [-0.39, 0.29) is 0 Å². The third kappa shape index (κ3) is 2.36. The second-order valence-corrected chi connectivity index (χ2v) is 4.60. The Bertz CT molecular complexity index is 730. The van der Waals surface area contributed by atoms with Crippen LogP contribution < -0.4 is 5.32 Å². The smallest absolute Gasteiger partial charge is 0.167 e. The molecule has 0 radical (unpaired) electrons. The molecule has 20 heavy (non-hydrogen) atoms. The molecule has 0 saturated carbocycles. The van der Waals surface area contributed by atoms with Crippen molar-refractivity contribution in [1.82, 2.24) is 10.5 Å². The summed E-state index contributed by atoms with van der Waals surface area (Å²) in [4.78, 5) is 0. The highest BCUT2D eigenvalue weighted by atomic mass is 16.5. The van der Waals surface area contributed by atoms with Crippen LogP contribution in [0.2, 0.25) is 0 Å². The lowest BCUT2D eigenvalue weighted by Gasteiger charge is -2.07. The summed E-state index contributed by atoms with van der Waals surface area (Å²) in [6.45, 7) is 5.28. The summed E-state index contributed by atoms with van der Waals surface area (Å²) >= 11 is 0. The van der Waals surface area contributed by atoms with Gasteiger partial charge in [0.15, 0.2) is 5.58 Å². The molecule has 0 aliphatic rings. The fourth-order valence-corrected chi connectivity index (χ4v) is 2.29. The average molecular weight is 264 g/mol. The van der Waals surface area contributed by atoms with Crippen LogP contribution in [0.4, 0.5) is 0 Å². The Morgan fingerprint density at radius 3 is 2.80 bits per heavy atom. The number of aromatic nitrogens is 1. The maximum absolute atomic E-state index is 5.40. The molecule has 3 aromatic rings. The Balaban J connectivity index is 2.03. The summed E-state index contributed by atoms with van der Waals surface area (Å²) in [6, 6.07) is 16.2. The van der Waals surface area contributed by atoms with E-state index in [0.717, 1.165) is 35.3 Å². The Kier molecular flexibility index (Phi) is 3.61. The van der Waals surface area contributed by atoms with Gasteiger partial charge in [0.25, 0.3) is 0 Å². The summed E-state index contributed by atoms with van der Waals surface area (Å²) in [6.07, 6.45) is 1.86. The lowest BCUT2D eigenvalue weighted by Crippen LogP contribution is -2.13. The van der Waals surface area contributed by atoms with E-state index in [2.05, 4.69) is 29.2 Å². The zero-order valence-electron chi connectivity index (χ0n) is 11.2. The third-order valence-corrected chi connectivity index (χ3v) is 3.25. The fraction of sp³-hybridized carbons (Fsp3) is 0.118. The highest BCUT2D eigenvalue weighted by molar-refractivity contribution is 5.92. The van der Waals surface area contributed by atoms with Crippen LogP contribution in [0.15, 0.2) is 65.7 Å². The first kappa shape index (κ1) is 12.6. The molecule has 3 nitrogen and oxygen atoms in total. The molecule has 0 aliphatic carbocycles. The maximum Gasteiger partial charge on any atom is 0.167 e. The summed E-state index contributed by atoms with van der Waals surface area (Å²) < 4.78 is 5.40. The van der Waals surface area contributed by atoms with E-state index in [9.17, 15) is 0 Å². The largest absolute Gasteiger partial charge is 0.356 e. The fourth-order valence-electron chi connectivity index (χ4n) is 2.29. The van der Waals surface area contributed by atoms with E-state index in [1.165, 1.54) is 5.56 Å². The number of benzene rings is 2. The molecule has 100 valence electrons. The number of nitrogens with zero attached hydrogens (tertiary/aromatic N) is 1. The van der Waals surface area contributed by atoms with E-state index >= 15 is 0 Å². The molecule has 0 bridgehead atoms. The normalized spacial score (nSPS) is 10.8. The van der Waals surface area contributed by atoms with Gasteiger partial charge in [-0.25, -0.2) is 0 Å². The Hall–Kier alpha value is -2.39. The molecule has 0 fully saturated rings. The van der Waals surface area contributed by atoms with Crippen molar-refractivity contribution in [3.05, 3.63) is 66.7 Å². The molecule has 1 N–H and O–H groups in total. The predicted molar refractivity (Wildman–Crippen MR) is 81.3 cm³/mol. The second kappa shape index (κ2) is 5.72. The second-order valence-electron chi connectivity index (χ2n) is 4.60. The van der Waals surface area contributed by atoms with Crippen LogP contribution in [-0.2, 0) is 6.54 Å². The quantitative estimate of drug-likeness (QED) is 0.563. The maximum atomic E-state index is 5.40. The molecule has 3 rings (SSSR count). The standard InChI is InChI=1S/C17H16N2O/c1-2-11-18-12-13-7-3-4-8-14(13)17-15-9-5-6-10-16(15)20-19-17/h2-10,18H,1,11-12H2. The zero-order valence-corrected chi connectivity index (χ0v) is 11.2. The Labute approximate surface area is 117 Å². The molecule has 0 atom stereocenters. The third-order valence-electron chi connectivity index (χ3n) is 3.25. The van der Waals surface area contributed by atoms with E-state index < -0.39 is 0 Å². The van der Waals surface area contributed by atoms with Gasteiger partial charge in [0, 0.05) is 24.0 Å². The Morgan fingerprint density at radius 1 is 1.10 bits per heavy atom. The van der Waals surface area contributed by atoms with Crippen molar-refractivity contribution in [2.45, 2.75) is 6.54 Å². The van der Waals surface area contributed by atoms with Gasteiger partial charge in [-0.15, -0.1) is 6.58 Å². The molecular weight excluding hydrogens is 248 g/mol. The first-order valence-electron chi connectivity index (χ1n) is 6.64. The summed E-state index contributed by atoms with van der Waals surface area (Å²) in [5, 5.41) is 8.60. The van der Waals surface area contributed by atoms with E-state index in [1.54, 1.807) is 0 Å². The van der Waals surface area contributed by atoms with Crippen LogP contribution in [0.1, 0.15) is 5.56 Å². The van der Waals surface area contributed by atoms with E-state index in [1.807, 2.05) is 42.5 Å². The summed E-state index contributed by atoms with van der Waals surface area (Å²) in [5.41, 5.74) is 4.02. The molecule has 1 heterocycles. The minimum Gasteiger partial charge on any atom is -0.356 e. The number of nitrogens with one attached hydrogen (secondary N) is 1. The summed E-state index contributed by atoms with van der Waals surface area (Å²) in [5.74, 6) is 0. The molecule has 3 heteroatoms. The SMILES string of the molecule is C=CCNCc1ccccc1-c1noc2ccccc12. The highest BCUT2D eigenvalue weighted by Gasteiger charge is 2.12. The van der Waals surface area contributed by atoms with Gasteiger partial charge in [-0.3, -0.25) is 0 Å². The Morgan fingerprint density at radius 2 is 1.90 bits per heavy atom.